The van der Waals surface area contributed by atoms with Crippen molar-refractivity contribution < 1.29 is 15.0 Å². The number of hydrogen-bond donors (Lipinski definition) is 3. The van der Waals surface area contributed by atoms with Crippen molar-refractivity contribution in [1.29, 1.82) is 0 Å². The zero-order valence-corrected chi connectivity index (χ0v) is 16.5. The summed E-state index contributed by atoms with van der Waals surface area (Å²) in [5.41, 5.74) is 2.00. The molecular weight excluding hydrogens is 384 g/mol. The number of nitrogens with zero attached hydrogens (tertiary/aromatic N) is 5. The quantitative estimate of drug-likeness (QED) is 0.547. The zero-order chi connectivity index (χ0) is 21.0. The lowest BCUT2D eigenvalue weighted by atomic mass is 9.78. The molecular formula is C21H24N6O3. The monoisotopic (exact) mass is 408 g/mol. The molecule has 3 aromatic heterocycles. The highest BCUT2D eigenvalue weighted by atomic mass is 16.3. The van der Waals surface area contributed by atoms with E-state index in [2.05, 4.69) is 25.2 Å². The Bertz CT molecular complexity index is 1010. The average Bonchev–Trinajstić information content (AvgIpc) is 3.23. The first-order valence-electron chi connectivity index (χ1n) is 9.94. The van der Waals surface area contributed by atoms with E-state index >= 15 is 0 Å². The molecule has 9 nitrogen and oxygen atoms in total. The number of piperidine rings is 1. The lowest BCUT2D eigenvalue weighted by Gasteiger charge is -2.39. The Morgan fingerprint density at radius 1 is 1.07 bits per heavy atom. The average molecular weight is 408 g/mol. The Morgan fingerprint density at radius 2 is 1.80 bits per heavy atom. The molecule has 30 heavy (non-hydrogen) atoms. The van der Waals surface area contributed by atoms with Gasteiger partial charge in [0.2, 0.25) is 0 Å². The molecule has 0 amide bonds. The Hall–Kier alpha value is -3.33. The van der Waals surface area contributed by atoms with Gasteiger partial charge in [0.05, 0.1) is 23.3 Å². The molecule has 0 aliphatic carbocycles. The second-order valence-electron chi connectivity index (χ2n) is 7.68. The van der Waals surface area contributed by atoms with E-state index in [4.69, 9.17) is 14.9 Å². The maximum Gasteiger partial charge on any atom is 0.290 e. The van der Waals surface area contributed by atoms with Gasteiger partial charge in [-0.05, 0) is 43.4 Å². The fourth-order valence-electron chi connectivity index (χ4n) is 4.32. The van der Waals surface area contributed by atoms with Gasteiger partial charge in [0.15, 0.2) is 5.82 Å². The summed E-state index contributed by atoms with van der Waals surface area (Å²) in [5, 5.41) is 21.5. The van der Waals surface area contributed by atoms with E-state index in [1.54, 1.807) is 18.6 Å². The van der Waals surface area contributed by atoms with Gasteiger partial charge in [-0.25, -0.2) is 9.97 Å². The van der Waals surface area contributed by atoms with Crippen LogP contribution in [0.1, 0.15) is 19.3 Å². The molecule has 3 N–H and O–H groups in total. The lowest BCUT2D eigenvalue weighted by molar-refractivity contribution is -0.122. The van der Waals surface area contributed by atoms with Gasteiger partial charge in [-0.15, -0.1) is 0 Å². The predicted molar refractivity (Wildman–Crippen MR) is 112 cm³/mol. The number of anilines is 1. The molecule has 0 aromatic carbocycles. The summed E-state index contributed by atoms with van der Waals surface area (Å²) in [5.74, 6) is 1.56. The van der Waals surface area contributed by atoms with Crippen molar-refractivity contribution in [2.45, 2.75) is 19.3 Å². The van der Waals surface area contributed by atoms with E-state index in [0.29, 0.717) is 22.1 Å². The first-order valence-corrected chi connectivity index (χ1v) is 9.94. The summed E-state index contributed by atoms with van der Waals surface area (Å²) in [6, 6.07) is 3.80. The Morgan fingerprint density at radius 3 is 2.47 bits per heavy atom. The van der Waals surface area contributed by atoms with E-state index < -0.39 is 0 Å². The molecule has 2 aliphatic rings. The van der Waals surface area contributed by atoms with Gasteiger partial charge >= 0.3 is 0 Å². The third-order valence-electron chi connectivity index (χ3n) is 5.96. The molecule has 5 heterocycles. The molecule has 2 saturated heterocycles. The molecule has 0 atom stereocenters. The zero-order valence-electron chi connectivity index (χ0n) is 16.5. The van der Waals surface area contributed by atoms with Crippen LogP contribution in [0.5, 0.6) is 5.75 Å². The van der Waals surface area contributed by atoms with Gasteiger partial charge in [-0.2, -0.15) is 0 Å². The van der Waals surface area contributed by atoms with Gasteiger partial charge in [-0.3, -0.25) is 14.8 Å². The largest absolute Gasteiger partial charge is 0.505 e. The predicted octanol–water partition coefficient (Wildman–Crippen LogP) is 2.07. The maximum atomic E-state index is 10.5. The molecule has 0 unspecified atom stereocenters. The maximum absolute atomic E-state index is 10.5. The van der Waals surface area contributed by atoms with Crippen molar-refractivity contribution >= 4 is 23.2 Å². The molecule has 5 rings (SSSR count). The number of aromatic nitrogens is 4. The van der Waals surface area contributed by atoms with Crippen molar-refractivity contribution in [2.24, 2.45) is 5.41 Å². The minimum atomic E-state index is -0.250. The molecule has 3 aromatic rings. The van der Waals surface area contributed by atoms with Crippen LogP contribution in [0.15, 0.2) is 36.9 Å². The Kier molecular flexibility index (Phi) is 5.71. The van der Waals surface area contributed by atoms with Crippen molar-refractivity contribution in [2.75, 3.05) is 31.1 Å². The van der Waals surface area contributed by atoms with Crippen molar-refractivity contribution in [3.8, 4) is 17.1 Å². The highest BCUT2D eigenvalue weighted by Gasteiger charge is 2.37. The van der Waals surface area contributed by atoms with Gasteiger partial charge < -0.3 is 20.4 Å². The number of aromatic hydroxyl groups is 1. The summed E-state index contributed by atoms with van der Waals surface area (Å²) in [6.07, 6.45) is 10.2. The molecule has 9 heteroatoms. The van der Waals surface area contributed by atoms with Crippen molar-refractivity contribution in [1.82, 2.24) is 25.3 Å². The molecule has 0 saturated carbocycles. The van der Waals surface area contributed by atoms with Crippen LogP contribution in [0.2, 0.25) is 0 Å². The second-order valence-corrected chi connectivity index (χ2v) is 7.68. The third kappa shape index (κ3) is 3.88. The summed E-state index contributed by atoms with van der Waals surface area (Å²) in [6.45, 7) is 3.86. The SMILES string of the molecule is O=CO.Oc1cncc2nc(-c3ccncc3)nc(N3CCC4(CCNC4)CC3)c12. The number of hydrogen-bond acceptors (Lipinski definition) is 8. The molecule has 0 radical (unpaired) electrons. The smallest absolute Gasteiger partial charge is 0.290 e. The molecule has 156 valence electrons. The first kappa shape index (κ1) is 20.0. The fraction of sp³-hybridized carbons (Fsp3) is 0.381. The number of pyridine rings is 2. The number of carbonyl (C=O) groups is 1. The second kappa shape index (κ2) is 8.58. The summed E-state index contributed by atoms with van der Waals surface area (Å²) in [4.78, 5) is 28.3. The Balaban J connectivity index is 0.000000687. The van der Waals surface area contributed by atoms with E-state index in [1.165, 1.54) is 12.6 Å². The third-order valence-corrected chi connectivity index (χ3v) is 5.96. The van der Waals surface area contributed by atoms with Gasteiger partial charge in [0.1, 0.15) is 11.6 Å². The molecule has 1 spiro atoms. The van der Waals surface area contributed by atoms with Gasteiger partial charge in [0, 0.05) is 37.6 Å². The van der Waals surface area contributed by atoms with Gasteiger partial charge in [-0.1, -0.05) is 0 Å². The van der Waals surface area contributed by atoms with Crippen LogP contribution >= 0.6 is 0 Å². The first-order chi connectivity index (χ1) is 14.7. The summed E-state index contributed by atoms with van der Waals surface area (Å²) >= 11 is 0. The van der Waals surface area contributed by atoms with Crippen LogP contribution in [0.4, 0.5) is 5.82 Å². The highest BCUT2D eigenvalue weighted by Crippen LogP contribution is 2.40. The highest BCUT2D eigenvalue weighted by molar-refractivity contribution is 5.95. The topological polar surface area (TPSA) is 124 Å². The van der Waals surface area contributed by atoms with Crippen LogP contribution in [0.3, 0.4) is 0 Å². The van der Waals surface area contributed by atoms with Crippen LogP contribution in [0.25, 0.3) is 22.3 Å². The molecule has 2 fully saturated rings. The summed E-state index contributed by atoms with van der Waals surface area (Å²) < 4.78 is 0. The van der Waals surface area contributed by atoms with Crippen LogP contribution < -0.4 is 10.2 Å². The Labute approximate surface area is 173 Å². The van der Waals surface area contributed by atoms with Crippen molar-refractivity contribution in [3.05, 3.63) is 36.9 Å². The van der Waals surface area contributed by atoms with Crippen LogP contribution in [0, 0.1) is 5.41 Å². The summed E-state index contributed by atoms with van der Waals surface area (Å²) in [7, 11) is 0. The van der Waals surface area contributed by atoms with E-state index in [-0.39, 0.29) is 12.2 Å². The van der Waals surface area contributed by atoms with Crippen LogP contribution in [-0.2, 0) is 4.79 Å². The fourth-order valence-corrected chi connectivity index (χ4v) is 4.32. The normalized spacial score (nSPS) is 17.5. The lowest BCUT2D eigenvalue weighted by Crippen LogP contribution is -2.41. The number of carboxylic acid groups (broad SMARTS) is 1. The standard InChI is InChI=1S/C20H22N6O.CH2O2/c27-16-12-23-11-15-17(16)19(25-18(24-15)14-1-6-21-7-2-14)26-9-4-20(5-10-26)3-8-22-13-20;2-1-3/h1-2,6-7,11-12,22,27H,3-5,8-10,13H2;1H,(H,2,3). The van der Waals surface area contributed by atoms with E-state index in [0.717, 1.165) is 50.4 Å². The van der Waals surface area contributed by atoms with E-state index in [1.807, 2.05) is 12.1 Å². The minimum Gasteiger partial charge on any atom is -0.505 e. The molecule has 2 aliphatic heterocycles. The molecule has 0 bridgehead atoms. The minimum absolute atomic E-state index is 0.131. The van der Waals surface area contributed by atoms with Crippen LogP contribution in [-0.4, -0.2) is 62.8 Å². The van der Waals surface area contributed by atoms with E-state index in [9.17, 15) is 5.11 Å². The number of nitrogens with one attached hydrogen (secondary N) is 1. The van der Waals surface area contributed by atoms with Crippen molar-refractivity contribution in [3.63, 3.8) is 0 Å². The number of rotatable bonds is 2. The van der Waals surface area contributed by atoms with Gasteiger partial charge in [0.25, 0.3) is 6.47 Å². The number of fused-ring (bicyclic) bond motifs is 1.